The standard InChI is InChI=1S/C24H42N2/c1-16(26(5)6)20-9-10-21-19-8-7-17-15-18(25-4)11-13-23(17,2)22(19)12-14-24(20,21)3/h7,16,18-22,25H,8-15H2,1-6H3/t16-,18-,19-,20+,21-,22-,23-,24+/m0/s1. The second-order valence-electron chi connectivity index (χ2n) is 10.9. The lowest BCUT2D eigenvalue weighted by atomic mass is 9.47. The van der Waals surface area contributed by atoms with Crippen LogP contribution in [0.25, 0.3) is 0 Å². The van der Waals surface area contributed by atoms with Crippen molar-refractivity contribution in [2.45, 2.75) is 84.2 Å². The fraction of sp³-hybridized carbons (Fsp3) is 0.917. The minimum absolute atomic E-state index is 0.503. The van der Waals surface area contributed by atoms with Crippen molar-refractivity contribution in [1.29, 1.82) is 0 Å². The second kappa shape index (κ2) is 6.62. The molecule has 1 N–H and O–H groups in total. The van der Waals surface area contributed by atoms with E-state index in [1.807, 2.05) is 5.57 Å². The number of hydrogen-bond acceptors (Lipinski definition) is 2. The van der Waals surface area contributed by atoms with E-state index in [1.165, 1.54) is 51.4 Å². The van der Waals surface area contributed by atoms with Gasteiger partial charge in [-0.1, -0.05) is 25.5 Å². The van der Waals surface area contributed by atoms with Crippen molar-refractivity contribution in [2.24, 2.45) is 34.5 Å². The molecule has 0 spiro atoms. The smallest absolute Gasteiger partial charge is 0.0102 e. The van der Waals surface area contributed by atoms with Gasteiger partial charge in [-0.3, -0.25) is 0 Å². The van der Waals surface area contributed by atoms with Crippen molar-refractivity contribution in [3.63, 3.8) is 0 Å². The number of rotatable bonds is 3. The maximum absolute atomic E-state index is 3.55. The van der Waals surface area contributed by atoms with Crippen LogP contribution in [0.2, 0.25) is 0 Å². The fourth-order valence-corrected chi connectivity index (χ4v) is 8.10. The van der Waals surface area contributed by atoms with Crippen LogP contribution in [-0.2, 0) is 0 Å². The van der Waals surface area contributed by atoms with Crippen LogP contribution in [0.4, 0.5) is 0 Å². The van der Waals surface area contributed by atoms with Gasteiger partial charge >= 0.3 is 0 Å². The summed E-state index contributed by atoms with van der Waals surface area (Å²) in [6.45, 7) is 7.79. The van der Waals surface area contributed by atoms with Crippen molar-refractivity contribution in [3.05, 3.63) is 11.6 Å². The highest BCUT2D eigenvalue weighted by molar-refractivity contribution is 5.26. The zero-order valence-corrected chi connectivity index (χ0v) is 18.1. The first-order valence-electron chi connectivity index (χ1n) is 11.3. The first kappa shape index (κ1) is 19.0. The summed E-state index contributed by atoms with van der Waals surface area (Å²) in [5.41, 5.74) is 2.89. The lowest BCUT2D eigenvalue weighted by Crippen LogP contribution is -2.52. The Labute approximate surface area is 162 Å². The molecule has 0 aromatic heterocycles. The van der Waals surface area contributed by atoms with Gasteiger partial charge in [-0.15, -0.1) is 0 Å². The van der Waals surface area contributed by atoms with Crippen molar-refractivity contribution in [1.82, 2.24) is 10.2 Å². The minimum Gasteiger partial charge on any atom is -0.317 e. The predicted molar refractivity (Wildman–Crippen MR) is 111 cm³/mol. The van der Waals surface area contributed by atoms with E-state index in [9.17, 15) is 0 Å². The number of allylic oxidation sites excluding steroid dienone is 1. The molecule has 4 rings (SSSR count). The third kappa shape index (κ3) is 2.65. The maximum atomic E-state index is 3.55. The highest BCUT2D eigenvalue weighted by Gasteiger charge is 2.59. The molecule has 2 nitrogen and oxygen atoms in total. The quantitative estimate of drug-likeness (QED) is 0.706. The molecule has 0 bridgehead atoms. The van der Waals surface area contributed by atoms with E-state index < -0.39 is 0 Å². The van der Waals surface area contributed by atoms with Crippen LogP contribution in [0, 0.1) is 34.5 Å². The van der Waals surface area contributed by atoms with Gasteiger partial charge in [0.15, 0.2) is 0 Å². The van der Waals surface area contributed by atoms with Gasteiger partial charge in [-0.05, 0) is 114 Å². The number of hydrogen-bond donors (Lipinski definition) is 1. The molecule has 0 aliphatic heterocycles. The molecule has 148 valence electrons. The maximum Gasteiger partial charge on any atom is 0.0102 e. The van der Waals surface area contributed by atoms with Crippen LogP contribution in [0.5, 0.6) is 0 Å². The van der Waals surface area contributed by atoms with Gasteiger partial charge in [0.05, 0.1) is 0 Å². The summed E-state index contributed by atoms with van der Waals surface area (Å²) < 4.78 is 0. The molecule has 2 heteroatoms. The fourth-order valence-electron chi connectivity index (χ4n) is 8.10. The zero-order valence-electron chi connectivity index (χ0n) is 18.1. The Morgan fingerprint density at radius 1 is 1.08 bits per heavy atom. The van der Waals surface area contributed by atoms with Crippen LogP contribution in [0.15, 0.2) is 11.6 Å². The molecule has 0 heterocycles. The molecule has 0 saturated heterocycles. The molecular formula is C24H42N2. The van der Waals surface area contributed by atoms with Crippen LogP contribution in [0.1, 0.15) is 72.1 Å². The van der Waals surface area contributed by atoms with Crippen molar-refractivity contribution in [3.8, 4) is 0 Å². The second-order valence-corrected chi connectivity index (χ2v) is 10.9. The molecule has 8 atom stereocenters. The molecule has 0 radical (unpaired) electrons. The summed E-state index contributed by atoms with van der Waals surface area (Å²) in [6, 6.07) is 1.44. The van der Waals surface area contributed by atoms with Crippen LogP contribution < -0.4 is 5.32 Å². The molecule has 0 unspecified atom stereocenters. The normalized spacial score (nSPS) is 49.2. The van der Waals surface area contributed by atoms with E-state index in [-0.39, 0.29) is 0 Å². The van der Waals surface area contributed by atoms with Gasteiger partial charge in [0.25, 0.3) is 0 Å². The number of fused-ring (bicyclic) bond motifs is 5. The lowest BCUT2D eigenvalue weighted by Gasteiger charge is -2.58. The molecular weight excluding hydrogens is 316 g/mol. The van der Waals surface area contributed by atoms with Gasteiger partial charge in [0.1, 0.15) is 0 Å². The topological polar surface area (TPSA) is 15.3 Å². The van der Waals surface area contributed by atoms with E-state index in [0.29, 0.717) is 10.8 Å². The number of nitrogens with one attached hydrogen (secondary N) is 1. The molecule has 3 fully saturated rings. The first-order valence-corrected chi connectivity index (χ1v) is 11.3. The van der Waals surface area contributed by atoms with E-state index in [1.54, 1.807) is 0 Å². The van der Waals surface area contributed by atoms with E-state index in [4.69, 9.17) is 0 Å². The Morgan fingerprint density at radius 3 is 2.54 bits per heavy atom. The zero-order chi connectivity index (χ0) is 18.7. The molecule has 4 aliphatic rings. The lowest BCUT2D eigenvalue weighted by molar-refractivity contribution is -0.0529. The third-order valence-corrected chi connectivity index (χ3v) is 9.98. The van der Waals surface area contributed by atoms with Crippen LogP contribution in [0.3, 0.4) is 0 Å². The monoisotopic (exact) mass is 358 g/mol. The summed E-state index contributed by atoms with van der Waals surface area (Å²) >= 11 is 0. The predicted octanol–water partition coefficient (Wildman–Crippen LogP) is 5.10. The van der Waals surface area contributed by atoms with E-state index in [0.717, 1.165) is 35.8 Å². The summed E-state index contributed by atoms with van der Waals surface area (Å²) in [7, 11) is 6.71. The average molecular weight is 359 g/mol. The Balaban J connectivity index is 1.60. The SMILES string of the molecule is CN[C@H]1CC[C@@]2(C)C(=CC[C@H]3[C@@H]4CC[C@H]([C@H](C)N(C)C)[C@@]4(C)CC[C@@H]32)C1. The van der Waals surface area contributed by atoms with Crippen LogP contribution in [-0.4, -0.2) is 38.1 Å². The van der Waals surface area contributed by atoms with Crippen LogP contribution >= 0.6 is 0 Å². The van der Waals surface area contributed by atoms with Gasteiger partial charge in [-0.2, -0.15) is 0 Å². The van der Waals surface area contributed by atoms with Gasteiger partial charge in [0.2, 0.25) is 0 Å². The average Bonchev–Trinajstić information content (AvgIpc) is 2.97. The summed E-state index contributed by atoms with van der Waals surface area (Å²) in [5, 5.41) is 3.55. The number of nitrogens with zero attached hydrogens (tertiary/aromatic N) is 1. The van der Waals surface area contributed by atoms with Crippen molar-refractivity contribution >= 4 is 0 Å². The molecule has 0 aromatic carbocycles. The van der Waals surface area contributed by atoms with Crippen molar-refractivity contribution < 1.29 is 0 Å². The Bertz CT molecular complexity index is 567. The van der Waals surface area contributed by atoms with Gasteiger partial charge in [0, 0.05) is 12.1 Å². The third-order valence-electron chi connectivity index (χ3n) is 9.98. The summed E-state index contributed by atoms with van der Waals surface area (Å²) in [4.78, 5) is 2.48. The molecule has 0 aromatic rings. The van der Waals surface area contributed by atoms with E-state index >= 15 is 0 Å². The largest absolute Gasteiger partial charge is 0.317 e. The Hall–Kier alpha value is -0.340. The van der Waals surface area contributed by atoms with Crippen molar-refractivity contribution in [2.75, 3.05) is 21.1 Å². The Kier molecular flexibility index (Phi) is 4.84. The highest BCUT2D eigenvalue weighted by atomic mass is 15.1. The molecule has 3 saturated carbocycles. The summed E-state index contributed by atoms with van der Waals surface area (Å²) in [5.74, 6) is 3.76. The first-order chi connectivity index (χ1) is 12.3. The highest BCUT2D eigenvalue weighted by Crippen LogP contribution is 2.66. The molecule has 0 amide bonds. The molecule has 4 aliphatic carbocycles. The minimum atomic E-state index is 0.503. The Morgan fingerprint density at radius 2 is 1.85 bits per heavy atom. The van der Waals surface area contributed by atoms with E-state index in [2.05, 4.69) is 58.2 Å². The van der Waals surface area contributed by atoms with Gasteiger partial charge < -0.3 is 10.2 Å². The summed E-state index contributed by atoms with van der Waals surface area (Å²) in [6.07, 6.45) is 14.1. The van der Waals surface area contributed by atoms with Gasteiger partial charge in [-0.25, -0.2) is 0 Å². The molecule has 26 heavy (non-hydrogen) atoms.